The van der Waals surface area contributed by atoms with Gasteiger partial charge in [-0.1, -0.05) is 30.3 Å². The van der Waals surface area contributed by atoms with Crippen LogP contribution in [-0.4, -0.2) is 27.5 Å². The Kier molecular flexibility index (Phi) is 7.90. The number of fused-ring (bicyclic) bond motifs is 1. The van der Waals surface area contributed by atoms with Crippen molar-refractivity contribution in [3.63, 3.8) is 0 Å². The molecule has 0 spiro atoms. The lowest BCUT2D eigenvalue weighted by Crippen LogP contribution is -2.45. The Balaban J connectivity index is 1.62. The van der Waals surface area contributed by atoms with Crippen LogP contribution in [0.4, 0.5) is 5.69 Å². The maximum Gasteiger partial charge on any atom is 0.243 e. The molecular weight excluding hydrogens is 563 g/mol. The number of sulfonamides is 1. The van der Waals surface area contributed by atoms with Gasteiger partial charge in [-0.25, -0.2) is 8.42 Å². The van der Waals surface area contributed by atoms with Crippen molar-refractivity contribution in [1.82, 2.24) is 4.72 Å². The molecule has 2 N–H and O–H groups in total. The van der Waals surface area contributed by atoms with E-state index in [0.29, 0.717) is 11.4 Å². The molecule has 3 aromatic rings. The molecule has 0 saturated carbocycles. The van der Waals surface area contributed by atoms with Gasteiger partial charge in [-0.3, -0.25) is 4.79 Å². The van der Waals surface area contributed by atoms with Crippen LogP contribution in [0.25, 0.3) is 0 Å². The van der Waals surface area contributed by atoms with Crippen molar-refractivity contribution in [3.8, 4) is 5.75 Å². The van der Waals surface area contributed by atoms with Crippen molar-refractivity contribution in [3.05, 3.63) is 87.0 Å². The lowest BCUT2D eigenvalue weighted by molar-refractivity contribution is -0.117. The van der Waals surface area contributed by atoms with Gasteiger partial charge in [0, 0.05) is 3.57 Å². The number of nitrogens with one attached hydrogen (secondary N) is 2. The fraction of sp³-hybridized carbons (Fsp3) is 0.269. The molecule has 3 aromatic carbocycles. The molecule has 0 radical (unpaired) electrons. The first-order valence-electron chi connectivity index (χ1n) is 11.2. The quantitative estimate of drug-likeness (QED) is 0.373. The van der Waals surface area contributed by atoms with E-state index in [4.69, 9.17) is 4.74 Å². The van der Waals surface area contributed by atoms with Crippen LogP contribution >= 0.6 is 22.6 Å². The number of aryl methyl sites for hydroxylation is 2. The number of methoxy groups -OCH3 is 1. The van der Waals surface area contributed by atoms with Gasteiger partial charge < -0.3 is 10.1 Å². The maximum atomic E-state index is 13.4. The van der Waals surface area contributed by atoms with E-state index >= 15 is 0 Å². The Bertz CT molecular complexity index is 1260. The van der Waals surface area contributed by atoms with Crippen molar-refractivity contribution in [1.29, 1.82) is 0 Å². The van der Waals surface area contributed by atoms with Crippen molar-refractivity contribution >= 4 is 44.2 Å². The summed E-state index contributed by atoms with van der Waals surface area (Å²) in [6, 6.07) is 18.8. The molecular formula is C26H27IN2O4S. The average molecular weight is 590 g/mol. The van der Waals surface area contributed by atoms with Crippen LogP contribution in [0.5, 0.6) is 5.75 Å². The summed E-state index contributed by atoms with van der Waals surface area (Å²) in [6.45, 7) is 0. The molecule has 178 valence electrons. The van der Waals surface area contributed by atoms with E-state index in [1.165, 1.54) is 23.3 Å². The van der Waals surface area contributed by atoms with Crippen molar-refractivity contribution in [2.75, 3.05) is 12.4 Å². The van der Waals surface area contributed by atoms with Gasteiger partial charge >= 0.3 is 0 Å². The molecule has 0 unspecified atom stereocenters. The van der Waals surface area contributed by atoms with E-state index in [2.05, 4.69) is 32.6 Å². The fourth-order valence-electron chi connectivity index (χ4n) is 4.16. The Morgan fingerprint density at radius 3 is 2.29 bits per heavy atom. The summed E-state index contributed by atoms with van der Waals surface area (Å²) in [7, 11) is -2.34. The summed E-state index contributed by atoms with van der Waals surface area (Å²) in [5, 5.41) is 2.92. The van der Waals surface area contributed by atoms with E-state index in [0.717, 1.165) is 34.8 Å². The summed E-state index contributed by atoms with van der Waals surface area (Å²) in [5.74, 6) is 0.139. The molecule has 1 aliphatic rings. The van der Waals surface area contributed by atoms with E-state index in [9.17, 15) is 13.2 Å². The van der Waals surface area contributed by atoms with Crippen LogP contribution in [0.3, 0.4) is 0 Å². The van der Waals surface area contributed by atoms with E-state index in [1.54, 1.807) is 19.2 Å². The van der Waals surface area contributed by atoms with Crippen LogP contribution in [0, 0.1) is 3.57 Å². The van der Waals surface area contributed by atoms with Gasteiger partial charge in [-0.2, -0.15) is 4.72 Å². The molecule has 0 saturated heterocycles. The number of carbonyl (C=O) groups excluding carboxylic acids is 1. The summed E-state index contributed by atoms with van der Waals surface area (Å²) in [6.07, 6.45) is 4.41. The number of anilines is 1. The molecule has 0 fully saturated rings. The highest BCUT2D eigenvalue weighted by atomic mass is 127. The van der Waals surface area contributed by atoms with Crippen LogP contribution in [0.1, 0.15) is 29.5 Å². The average Bonchev–Trinajstić information content (AvgIpc) is 2.84. The number of ether oxygens (including phenoxy) is 1. The zero-order valence-electron chi connectivity index (χ0n) is 18.9. The first-order chi connectivity index (χ1) is 16.4. The number of amides is 1. The molecule has 1 amide bonds. The van der Waals surface area contributed by atoms with Crippen molar-refractivity contribution in [2.45, 2.75) is 43.0 Å². The van der Waals surface area contributed by atoms with Gasteiger partial charge in [-0.15, -0.1) is 0 Å². The smallest absolute Gasteiger partial charge is 0.243 e. The monoisotopic (exact) mass is 590 g/mol. The van der Waals surface area contributed by atoms with E-state index in [-0.39, 0.29) is 11.3 Å². The topological polar surface area (TPSA) is 84.5 Å². The summed E-state index contributed by atoms with van der Waals surface area (Å²) < 4.78 is 35.3. The molecule has 1 aliphatic carbocycles. The van der Waals surface area contributed by atoms with Gasteiger partial charge in [-0.05, 0) is 108 Å². The second kappa shape index (κ2) is 10.9. The Hall–Kier alpha value is -2.43. The third-order valence-corrected chi connectivity index (χ3v) is 8.15. The summed E-state index contributed by atoms with van der Waals surface area (Å²) in [5.41, 5.74) is 3.84. The van der Waals surface area contributed by atoms with Crippen LogP contribution in [-0.2, 0) is 34.1 Å². The molecule has 4 rings (SSSR count). The second-order valence-corrected chi connectivity index (χ2v) is 11.3. The van der Waals surface area contributed by atoms with Crippen LogP contribution in [0.15, 0.2) is 71.6 Å². The van der Waals surface area contributed by atoms with Crippen LogP contribution < -0.4 is 14.8 Å². The molecule has 0 heterocycles. The highest BCUT2D eigenvalue weighted by molar-refractivity contribution is 14.1. The largest absolute Gasteiger partial charge is 0.495 e. The maximum absolute atomic E-state index is 13.4. The normalized spacial score (nSPS) is 14.2. The molecule has 6 nitrogen and oxygen atoms in total. The lowest BCUT2D eigenvalue weighted by atomic mass is 9.91. The standard InChI is InChI=1S/C26H27IN2O4S/c1-33-25-17-20-10-6-5-9-19(20)16-23(25)28-26(30)24(15-18-7-3-2-4-8-18)29-34(31,32)22-13-11-21(27)12-14-22/h2-4,7-8,11-14,16-17,24,29H,5-6,9-10,15H2,1H3,(H,28,30)/t24-/m0/s1. The number of benzene rings is 3. The minimum Gasteiger partial charge on any atom is -0.495 e. The number of rotatable bonds is 8. The predicted octanol–water partition coefficient (Wildman–Crippen LogP) is 4.71. The van der Waals surface area contributed by atoms with Gasteiger partial charge in [0.25, 0.3) is 0 Å². The minimum absolute atomic E-state index is 0.116. The molecule has 1 atom stereocenters. The predicted molar refractivity (Wildman–Crippen MR) is 142 cm³/mol. The Morgan fingerprint density at radius 2 is 1.65 bits per heavy atom. The van der Waals surface area contributed by atoms with Gasteiger partial charge in [0.2, 0.25) is 15.9 Å². The first kappa shape index (κ1) is 24.7. The SMILES string of the molecule is COc1cc2c(cc1NC(=O)[C@H](Cc1ccccc1)NS(=O)(=O)c1ccc(I)cc1)CCCC2. The Morgan fingerprint density at radius 1 is 1.00 bits per heavy atom. The van der Waals surface area contributed by atoms with Gasteiger partial charge in [0.05, 0.1) is 17.7 Å². The van der Waals surface area contributed by atoms with E-state index < -0.39 is 22.0 Å². The Labute approximate surface area is 214 Å². The van der Waals surface area contributed by atoms with Gasteiger partial charge in [0.1, 0.15) is 11.8 Å². The third-order valence-electron chi connectivity index (χ3n) is 5.94. The van der Waals surface area contributed by atoms with Gasteiger partial charge in [0.15, 0.2) is 0 Å². The molecule has 8 heteroatoms. The minimum atomic E-state index is -3.91. The fourth-order valence-corrected chi connectivity index (χ4v) is 5.71. The second-order valence-electron chi connectivity index (χ2n) is 8.34. The number of halogens is 1. The van der Waals surface area contributed by atoms with E-state index in [1.807, 2.05) is 42.5 Å². The van der Waals surface area contributed by atoms with Crippen molar-refractivity contribution in [2.24, 2.45) is 0 Å². The number of hydrogen-bond acceptors (Lipinski definition) is 4. The molecule has 34 heavy (non-hydrogen) atoms. The first-order valence-corrected chi connectivity index (χ1v) is 13.7. The number of carbonyl (C=O) groups is 1. The summed E-state index contributed by atoms with van der Waals surface area (Å²) in [4.78, 5) is 13.5. The highest BCUT2D eigenvalue weighted by Gasteiger charge is 2.27. The van der Waals surface area contributed by atoms with Crippen molar-refractivity contribution < 1.29 is 17.9 Å². The summed E-state index contributed by atoms with van der Waals surface area (Å²) >= 11 is 2.12. The van der Waals surface area contributed by atoms with Crippen LogP contribution in [0.2, 0.25) is 0 Å². The lowest BCUT2D eigenvalue weighted by Gasteiger charge is -2.22. The number of hydrogen-bond donors (Lipinski definition) is 2. The molecule has 0 aromatic heterocycles. The highest BCUT2D eigenvalue weighted by Crippen LogP contribution is 2.33. The third kappa shape index (κ3) is 5.97. The molecule has 0 aliphatic heterocycles. The molecule has 0 bridgehead atoms. The zero-order valence-corrected chi connectivity index (χ0v) is 21.9. The zero-order chi connectivity index (χ0) is 24.1.